The van der Waals surface area contributed by atoms with Crippen LogP contribution in [0.25, 0.3) is 0 Å². The molecule has 0 aromatic heterocycles. The van der Waals surface area contributed by atoms with Crippen molar-refractivity contribution >= 4 is 23.4 Å². The standard InChI is InChI=1S/C20H24N2O3S/c1-21(2)15-10-8-14(9-11-15)12-22-18(23)13-26-20(22)16-6-5-7-17(24-3)19(16)25-4/h5-11,20H,12-13H2,1-4H3. The van der Waals surface area contributed by atoms with E-state index in [0.717, 1.165) is 16.8 Å². The predicted molar refractivity (Wildman–Crippen MR) is 106 cm³/mol. The van der Waals surface area contributed by atoms with E-state index in [4.69, 9.17) is 9.47 Å². The van der Waals surface area contributed by atoms with Crippen molar-refractivity contribution in [3.63, 3.8) is 0 Å². The Balaban J connectivity index is 1.88. The number of hydrogen-bond acceptors (Lipinski definition) is 5. The number of thioether (sulfide) groups is 1. The largest absolute Gasteiger partial charge is 0.493 e. The SMILES string of the molecule is COc1cccc(C2SCC(=O)N2Cc2ccc(N(C)C)cc2)c1OC. The molecule has 1 saturated heterocycles. The number of methoxy groups -OCH3 is 2. The molecule has 0 radical (unpaired) electrons. The van der Waals surface area contributed by atoms with Crippen LogP contribution in [-0.4, -0.2) is 44.9 Å². The number of amides is 1. The highest BCUT2D eigenvalue weighted by Gasteiger charge is 2.35. The van der Waals surface area contributed by atoms with E-state index in [2.05, 4.69) is 29.2 Å². The number of carbonyl (C=O) groups is 1. The van der Waals surface area contributed by atoms with Crippen LogP contribution in [0.3, 0.4) is 0 Å². The summed E-state index contributed by atoms with van der Waals surface area (Å²) in [5.41, 5.74) is 3.22. The van der Waals surface area contributed by atoms with Crippen molar-refractivity contribution in [3.8, 4) is 11.5 Å². The molecular formula is C20H24N2O3S. The zero-order chi connectivity index (χ0) is 18.7. The Morgan fingerprint density at radius 2 is 1.85 bits per heavy atom. The molecule has 1 unspecified atom stereocenters. The number of benzene rings is 2. The molecule has 1 aliphatic rings. The van der Waals surface area contributed by atoms with E-state index in [0.29, 0.717) is 23.8 Å². The molecule has 2 aromatic rings. The van der Waals surface area contributed by atoms with Crippen molar-refractivity contribution in [1.82, 2.24) is 4.90 Å². The number of hydrogen-bond donors (Lipinski definition) is 0. The minimum atomic E-state index is -0.0823. The lowest BCUT2D eigenvalue weighted by molar-refractivity contribution is -0.128. The van der Waals surface area contributed by atoms with Crippen molar-refractivity contribution in [2.45, 2.75) is 11.9 Å². The Labute approximate surface area is 158 Å². The molecule has 1 heterocycles. The second-order valence-electron chi connectivity index (χ2n) is 6.33. The molecule has 1 aliphatic heterocycles. The summed E-state index contributed by atoms with van der Waals surface area (Å²) in [5, 5.41) is -0.0823. The van der Waals surface area contributed by atoms with Gasteiger partial charge in [-0.15, -0.1) is 11.8 Å². The third kappa shape index (κ3) is 3.60. The lowest BCUT2D eigenvalue weighted by atomic mass is 10.1. The van der Waals surface area contributed by atoms with Gasteiger partial charge in [0.1, 0.15) is 5.37 Å². The quantitative estimate of drug-likeness (QED) is 0.776. The Bertz CT molecular complexity index is 777. The van der Waals surface area contributed by atoms with E-state index in [-0.39, 0.29) is 11.3 Å². The highest BCUT2D eigenvalue weighted by atomic mass is 32.2. The van der Waals surface area contributed by atoms with Gasteiger partial charge in [0, 0.05) is 31.9 Å². The van der Waals surface area contributed by atoms with E-state index in [1.165, 1.54) is 0 Å². The van der Waals surface area contributed by atoms with Crippen LogP contribution in [0.5, 0.6) is 11.5 Å². The molecule has 6 heteroatoms. The maximum absolute atomic E-state index is 12.5. The predicted octanol–water partition coefficient (Wildman–Crippen LogP) is 3.54. The van der Waals surface area contributed by atoms with Gasteiger partial charge in [-0.1, -0.05) is 24.3 Å². The Hall–Kier alpha value is -2.34. The molecule has 1 fully saturated rings. The number of ether oxygens (including phenoxy) is 2. The molecule has 1 atom stereocenters. The highest BCUT2D eigenvalue weighted by Crippen LogP contribution is 2.46. The number of carbonyl (C=O) groups excluding carboxylic acids is 1. The summed E-state index contributed by atoms with van der Waals surface area (Å²) in [5.74, 6) is 1.98. The average molecular weight is 372 g/mol. The molecular weight excluding hydrogens is 348 g/mol. The van der Waals surface area contributed by atoms with Crippen LogP contribution in [0.4, 0.5) is 5.69 Å². The first kappa shape index (κ1) is 18.5. The molecule has 0 spiro atoms. The summed E-state index contributed by atoms with van der Waals surface area (Å²) in [7, 11) is 7.28. The second kappa shape index (κ2) is 7.91. The number of nitrogens with zero attached hydrogens (tertiary/aromatic N) is 2. The first-order chi connectivity index (χ1) is 12.5. The molecule has 0 N–H and O–H groups in total. The van der Waals surface area contributed by atoms with Crippen LogP contribution >= 0.6 is 11.8 Å². The summed E-state index contributed by atoms with van der Waals surface area (Å²) in [6.45, 7) is 0.574. The van der Waals surface area contributed by atoms with Gasteiger partial charge in [0.25, 0.3) is 0 Å². The minimum Gasteiger partial charge on any atom is -0.493 e. The first-order valence-corrected chi connectivity index (χ1v) is 9.48. The molecule has 0 aliphatic carbocycles. The fourth-order valence-corrected chi connectivity index (χ4v) is 4.29. The zero-order valence-corrected chi connectivity index (χ0v) is 16.4. The fraction of sp³-hybridized carbons (Fsp3) is 0.350. The van der Waals surface area contributed by atoms with Crippen LogP contribution in [0.2, 0.25) is 0 Å². The molecule has 138 valence electrons. The van der Waals surface area contributed by atoms with Gasteiger partial charge in [-0.05, 0) is 23.8 Å². The van der Waals surface area contributed by atoms with Crippen molar-refractivity contribution < 1.29 is 14.3 Å². The number of rotatable bonds is 6. The zero-order valence-electron chi connectivity index (χ0n) is 15.6. The lowest BCUT2D eigenvalue weighted by Crippen LogP contribution is -2.28. The van der Waals surface area contributed by atoms with Crippen LogP contribution in [-0.2, 0) is 11.3 Å². The van der Waals surface area contributed by atoms with Crippen molar-refractivity contribution in [2.24, 2.45) is 0 Å². The van der Waals surface area contributed by atoms with Gasteiger partial charge in [-0.25, -0.2) is 0 Å². The van der Waals surface area contributed by atoms with Crippen molar-refractivity contribution in [1.29, 1.82) is 0 Å². The van der Waals surface area contributed by atoms with Gasteiger partial charge in [0.05, 0.1) is 20.0 Å². The fourth-order valence-electron chi connectivity index (χ4n) is 3.09. The van der Waals surface area contributed by atoms with E-state index in [1.807, 2.05) is 37.2 Å². The Kier molecular flexibility index (Phi) is 5.61. The molecule has 0 bridgehead atoms. The molecule has 1 amide bonds. The number of anilines is 1. The lowest BCUT2D eigenvalue weighted by Gasteiger charge is -2.26. The van der Waals surface area contributed by atoms with E-state index in [1.54, 1.807) is 26.0 Å². The third-order valence-corrected chi connectivity index (χ3v) is 5.71. The molecule has 5 nitrogen and oxygen atoms in total. The molecule has 0 saturated carbocycles. The van der Waals surface area contributed by atoms with Gasteiger partial charge >= 0.3 is 0 Å². The third-order valence-electron chi connectivity index (χ3n) is 4.47. The normalized spacial score (nSPS) is 16.7. The summed E-state index contributed by atoms with van der Waals surface area (Å²) in [6.07, 6.45) is 0. The Morgan fingerprint density at radius 1 is 1.12 bits per heavy atom. The maximum atomic E-state index is 12.5. The van der Waals surface area contributed by atoms with Crippen LogP contribution in [0.1, 0.15) is 16.5 Å². The van der Waals surface area contributed by atoms with Gasteiger partial charge < -0.3 is 19.3 Å². The summed E-state index contributed by atoms with van der Waals surface area (Å²) < 4.78 is 11.0. The summed E-state index contributed by atoms with van der Waals surface area (Å²) >= 11 is 1.62. The smallest absolute Gasteiger partial charge is 0.234 e. The summed E-state index contributed by atoms with van der Waals surface area (Å²) in [4.78, 5) is 16.5. The van der Waals surface area contributed by atoms with Crippen molar-refractivity contribution in [2.75, 3.05) is 39.0 Å². The molecule has 26 heavy (non-hydrogen) atoms. The van der Waals surface area contributed by atoms with E-state index >= 15 is 0 Å². The van der Waals surface area contributed by atoms with Gasteiger partial charge in [-0.3, -0.25) is 4.79 Å². The van der Waals surface area contributed by atoms with Crippen molar-refractivity contribution in [3.05, 3.63) is 53.6 Å². The van der Waals surface area contributed by atoms with E-state index < -0.39 is 0 Å². The average Bonchev–Trinajstić information content (AvgIpc) is 3.01. The Morgan fingerprint density at radius 3 is 2.46 bits per heavy atom. The van der Waals surface area contributed by atoms with Crippen LogP contribution in [0.15, 0.2) is 42.5 Å². The first-order valence-electron chi connectivity index (χ1n) is 8.43. The topological polar surface area (TPSA) is 42.0 Å². The summed E-state index contributed by atoms with van der Waals surface area (Å²) in [6, 6.07) is 14.1. The highest BCUT2D eigenvalue weighted by molar-refractivity contribution is 8.00. The van der Waals surface area contributed by atoms with Gasteiger partial charge in [-0.2, -0.15) is 0 Å². The monoisotopic (exact) mass is 372 g/mol. The minimum absolute atomic E-state index is 0.0823. The molecule has 3 rings (SSSR count). The van der Waals surface area contributed by atoms with E-state index in [9.17, 15) is 4.79 Å². The van der Waals surface area contributed by atoms with Gasteiger partial charge in [0.15, 0.2) is 11.5 Å². The second-order valence-corrected chi connectivity index (χ2v) is 7.40. The molecule has 2 aromatic carbocycles. The van der Waals surface area contributed by atoms with Crippen LogP contribution in [0, 0.1) is 0 Å². The van der Waals surface area contributed by atoms with Gasteiger partial charge in [0.2, 0.25) is 5.91 Å². The number of para-hydroxylation sites is 1. The van der Waals surface area contributed by atoms with Crippen LogP contribution < -0.4 is 14.4 Å². The maximum Gasteiger partial charge on any atom is 0.234 e.